The van der Waals surface area contributed by atoms with Crippen molar-refractivity contribution in [3.63, 3.8) is 0 Å². The summed E-state index contributed by atoms with van der Waals surface area (Å²) in [5.74, 6) is 0.495. The number of amides is 2. The molecule has 1 aliphatic rings. The van der Waals surface area contributed by atoms with Crippen LogP contribution in [0.5, 0.6) is 5.75 Å². The van der Waals surface area contributed by atoms with E-state index in [1.165, 1.54) is 11.3 Å². The lowest BCUT2D eigenvalue weighted by Crippen LogP contribution is -2.48. The lowest BCUT2D eigenvalue weighted by atomic mass is 10.0. The van der Waals surface area contributed by atoms with E-state index in [0.717, 1.165) is 53.3 Å². The number of likely N-dealkylation sites (tertiary alicyclic amines) is 1. The molecule has 2 N–H and O–H groups in total. The summed E-state index contributed by atoms with van der Waals surface area (Å²) in [4.78, 5) is 36.9. The summed E-state index contributed by atoms with van der Waals surface area (Å²) >= 11 is 1.30. The zero-order chi connectivity index (χ0) is 30.6. The second kappa shape index (κ2) is 13.0. The summed E-state index contributed by atoms with van der Waals surface area (Å²) < 4.78 is 12.6. The van der Waals surface area contributed by atoms with Gasteiger partial charge in [-0.05, 0) is 95.1 Å². The molecule has 11 heteroatoms. The van der Waals surface area contributed by atoms with E-state index in [1.807, 2.05) is 80.2 Å². The third-order valence-corrected chi connectivity index (χ3v) is 7.80. The van der Waals surface area contributed by atoms with E-state index in [-0.39, 0.29) is 18.0 Å². The Morgan fingerprint density at radius 3 is 2.63 bits per heavy atom. The number of hydrogen-bond donors (Lipinski definition) is 2. The van der Waals surface area contributed by atoms with Crippen LogP contribution in [0.25, 0.3) is 16.9 Å². The van der Waals surface area contributed by atoms with Gasteiger partial charge in [0.25, 0.3) is 5.91 Å². The number of carbonyl (C=O) groups excluding carboxylic acids is 2. The van der Waals surface area contributed by atoms with Gasteiger partial charge >= 0.3 is 6.09 Å². The lowest BCUT2D eigenvalue weighted by Gasteiger charge is -2.33. The molecule has 5 rings (SSSR count). The molecule has 0 radical (unpaired) electrons. The highest BCUT2D eigenvalue weighted by Gasteiger charge is 2.24. The Morgan fingerprint density at radius 2 is 1.93 bits per heavy atom. The number of ether oxygens (including phenoxy) is 2. The summed E-state index contributed by atoms with van der Waals surface area (Å²) in [6.07, 6.45) is 5.19. The molecule has 1 fully saturated rings. The fourth-order valence-corrected chi connectivity index (χ4v) is 5.78. The molecule has 0 unspecified atom stereocenters. The van der Waals surface area contributed by atoms with E-state index >= 15 is 0 Å². The highest BCUT2D eigenvalue weighted by atomic mass is 32.1. The van der Waals surface area contributed by atoms with Crippen molar-refractivity contribution in [2.75, 3.05) is 25.5 Å². The maximum Gasteiger partial charge on any atom is 0.407 e. The van der Waals surface area contributed by atoms with E-state index in [9.17, 15) is 9.59 Å². The van der Waals surface area contributed by atoms with Crippen molar-refractivity contribution in [1.29, 1.82) is 0 Å². The van der Waals surface area contributed by atoms with Crippen molar-refractivity contribution in [3.05, 3.63) is 76.6 Å². The van der Waals surface area contributed by atoms with Gasteiger partial charge in [0.2, 0.25) is 0 Å². The van der Waals surface area contributed by atoms with Gasteiger partial charge < -0.3 is 24.7 Å². The standard InChI is InChI=1S/C32H38N6O4S/c1-21-16-38(20-33-21)26-14-22(17-37-12-6-7-24(18-37)35-31(40)42-32(2,3)4)13-25(15-26)34-29(39)30-36-28(19-43-30)23-8-10-27(41-5)11-9-23/h8-11,13-16,19-20,24H,6-7,12,17-18H2,1-5H3,(H,34,39)(H,35,40)/t24-/m0/s1. The van der Waals surface area contributed by atoms with Crippen molar-refractivity contribution in [2.45, 2.75) is 58.7 Å². The number of anilines is 1. The number of alkyl carbamates (subject to hydrolysis) is 1. The van der Waals surface area contributed by atoms with E-state index in [0.29, 0.717) is 23.8 Å². The van der Waals surface area contributed by atoms with Crippen molar-refractivity contribution in [2.24, 2.45) is 0 Å². The molecule has 2 aromatic carbocycles. The first-order valence-corrected chi connectivity index (χ1v) is 15.2. The lowest BCUT2D eigenvalue weighted by molar-refractivity contribution is 0.0470. The number of nitrogens with one attached hydrogen (secondary N) is 2. The zero-order valence-corrected chi connectivity index (χ0v) is 26.0. The first-order valence-electron chi connectivity index (χ1n) is 14.3. The van der Waals surface area contributed by atoms with Crippen LogP contribution in [0, 0.1) is 6.92 Å². The highest BCUT2D eigenvalue weighted by molar-refractivity contribution is 7.12. The van der Waals surface area contributed by atoms with Crippen molar-refractivity contribution >= 4 is 29.0 Å². The number of hydrogen-bond acceptors (Lipinski definition) is 8. The van der Waals surface area contributed by atoms with Gasteiger partial charge in [-0.1, -0.05) is 0 Å². The third kappa shape index (κ3) is 8.20. The van der Waals surface area contributed by atoms with E-state index in [2.05, 4.69) is 31.6 Å². The summed E-state index contributed by atoms with van der Waals surface area (Å²) in [6.45, 7) is 9.81. The minimum Gasteiger partial charge on any atom is -0.497 e. The molecule has 0 bridgehead atoms. The average Bonchev–Trinajstić information content (AvgIpc) is 3.62. The number of rotatable bonds is 8. The SMILES string of the molecule is COc1ccc(-c2csc(C(=O)Nc3cc(CN4CCC[C@H](NC(=O)OC(C)(C)C)C4)cc(-n4cnc(C)c4)c3)n2)cc1. The van der Waals surface area contributed by atoms with Gasteiger partial charge in [0, 0.05) is 47.6 Å². The third-order valence-electron chi connectivity index (χ3n) is 6.96. The maximum absolute atomic E-state index is 13.3. The van der Waals surface area contributed by atoms with Gasteiger partial charge in [0.05, 0.1) is 24.8 Å². The number of aromatic nitrogens is 3. The topological polar surface area (TPSA) is 111 Å². The molecule has 43 heavy (non-hydrogen) atoms. The van der Waals surface area contributed by atoms with Crippen LogP contribution >= 0.6 is 11.3 Å². The Labute approximate surface area is 256 Å². The fraction of sp³-hybridized carbons (Fsp3) is 0.375. The zero-order valence-electron chi connectivity index (χ0n) is 25.2. The van der Waals surface area contributed by atoms with Crippen molar-refractivity contribution < 1.29 is 19.1 Å². The molecule has 0 aliphatic carbocycles. The van der Waals surface area contributed by atoms with Crippen molar-refractivity contribution in [3.8, 4) is 22.7 Å². The predicted molar refractivity (Wildman–Crippen MR) is 168 cm³/mol. The number of aryl methyl sites for hydroxylation is 1. The summed E-state index contributed by atoms with van der Waals surface area (Å²) in [7, 11) is 1.63. The molecular weight excluding hydrogens is 564 g/mol. The average molecular weight is 603 g/mol. The molecule has 1 saturated heterocycles. The van der Waals surface area contributed by atoms with E-state index in [1.54, 1.807) is 13.4 Å². The predicted octanol–water partition coefficient (Wildman–Crippen LogP) is 6.05. The second-order valence-corrected chi connectivity index (χ2v) is 12.6. The van der Waals surface area contributed by atoms with Crippen LogP contribution in [0.2, 0.25) is 0 Å². The maximum atomic E-state index is 13.3. The first kappa shape index (κ1) is 30.2. The minimum atomic E-state index is -0.540. The molecule has 3 heterocycles. The van der Waals surface area contributed by atoms with Crippen LogP contribution in [0.15, 0.2) is 60.4 Å². The van der Waals surface area contributed by atoms with Gasteiger partial charge in [-0.3, -0.25) is 9.69 Å². The van der Waals surface area contributed by atoms with E-state index in [4.69, 9.17) is 9.47 Å². The number of thiazole rings is 1. The Balaban J connectivity index is 1.31. The number of nitrogens with zero attached hydrogens (tertiary/aromatic N) is 4. The number of methoxy groups -OCH3 is 1. The highest BCUT2D eigenvalue weighted by Crippen LogP contribution is 2.26. The van der Waals surface area contributed by atoms with Gasteiger partial charge in [0.15, 0.2) is 5.01 Å². The molecule has 2 aromatic heterocycles. The number of benzene rings is 2. The molecular formula is C32H38N6O4S. The van der Waals surface area contributed by atoms with Crippen LogP contribution in [0.3, 0.4) is 0 Å². The van der Waals surface area contributed by atoms with Crippen LogP contribution in [0.1, 0.15) is 54.7 Å². The smallest absolute Gasteiger partial charge is 0.407 e. The number of imidazole rings is 1. The Morgan fingerprint density at radius 1 is 1.14 bits per heavy atom. The molecule has 10 nitrogen and oxygen atoms in total. The number of carbonyl (C=O) groups is 2. The Bertz CT molecular complexity index is 1570. The Hall–Kier alpha value is -4.22. The molecule has 226 valence electrons. The summed E-state index contributed by atoms with van der Waals surface area (Å²) in [5, 5.41) is 8.34. The van der Waals surface area contributed by atoms with Crippen molar-refractivity contribution in [1.82, 2.24) is 24.8 Å². The van der Waals surface area contributed by atoms with E-state index < -0.39 is 5.60 Å². The molecule has 1 aliphatic heterocycles. The van der Waals surface area contributed by atoms with Crippen LogP contribution in [0.4, 0.5) is 10.5 Å². The largest absolute Gasteiger partial charge is 0.497 e. The van der Waals surface area contributed by atoms with Crippen LogP contribution in [-0.4, -0.2) is 63.3 Å². The molecule has 0 saturated carbocycles. The molecule has 4 aromatic rings. The normalized spacial score (nSPS) is 15.6. The first-order chi connectivity index (χ1) is 20.5. The van der Waals surface area contributed by atoms with Crippen LogP contribution < -0.4 is 15.4 Å². The number of piperidine rings is 1. The fourth-order valence-electron chi connectivity index (χ4n) is 5.06. The Kier molecular flexibility index (Phi) is 9.12. The molecule has 2 amide bonds. The molecule has 0 spiro atoms. The van der Waals surface area contributed by atoms with Gasteiger partial charge in [0.1, 0.15) is 11.4 Å². The quantitative estimate of drug-likeness (QED) is 0.252. The second-order valence-electron chi connectivity index (χ2n) is 11.8. The van der Waals surface area contributed by atoms with Gasteiger partial charge in [-0.15, -0.1) is 11.3 Å². The minimum absolute atomic E-state index is 0.00653. The molecule has 1 atom stereocenters. The summed E-state index contributed by atoms with van der Waals surface area (Å²) in [6, 6.07) is 13.6. The summed E-state index contributed by atoms with van der Waals surface area (Å²) in [5.41, 5.74) is 4.61. The van der Waals surface area contributed by atoms with Crippen LogP contribution in [-0.2, 0) is 11.3 Å². The van der Waals surface area contributed by atoms with Gasteiger partial charge in [-0.25, -0.2) is 14.8 Å². The van der Waals surface area contributed by atoms with Gasteiger partial charge in [-0.2, -0.15) is 0 Å². The monoisotopic (exact) mass is 602 g/mol.